The number of carbonyl (C=O) groups excluding carboxylic acids is 2. The average Bonchev–Trinajstić information content (AvgIpc) is 2.61. The number of ether oxygens (including phenoxy) is 8. The molecular formula is C55H84O23. The zero-order valence-electron chi connectivity index (χ0n) is 45.8. The van der Waals surface area contributed by atoms with E-state index in [1.807, 2.05) is 34.6 Å². The number of hydrogen-bond acceptors (Lipinski definition) is 22. The van der Waals surface area contributed by atoms with Gasteiger partial charge < -0.3 is 99.2 Å². The molecule has 0 bridgehead atoms. The molecule has 0 amide bonds. The van der Waals surface area contributed by atoms with E-state index in [0.717, 1.165) is 5.57 Å². The number of carbonyl (C=O) groups is 3. The number of aliphatic hydroxyl groups is 11. The summed E-state index contributed by atoms with van der Waals surface area (Å²) in [7, 11) is 0. The molecule has 3 saturated heterocycles. The maximum Gasteiger partial charge on any atom is 0.335 e. The minimum absolute atomic E-state index is 0.149. The predicted molar refractivity (Wildman–Crippen MR) is 268 cm³/mol. The molecule has 0 aromatic rings. The number of rotatable bonds is 14. The second-order valence-electron chi connectivity index (χ2n) is 25.1. The summed E-state index contributed by atoms with van der Waals surface area (Å²) in [6.45, 7) is 15.1. The number of esters is 2. The second kappa shape index (κ2) is 22.3. The molecule has 23 nitrogen and oxygen atoms in total. The van der Waals surface area contributed by atoms with Crippen molar-refractivity contribution in [1.82, 2.24) is 0 Å². The molecule has 5 aliphatic carbocycles. The number of aliphatic carboxylic acids is 1. The summed E-state index contributed by atoms with van der Waals surface area (Å²) in [5.41, 5.74) is -4.92. The van der Waals surface area contributed by atoms with E-state index in [1.54, 1.807) is 13.8 Å². The summed E-state index contributed by atoms with van der Waals surface area (Å²) >= 11 is 0. The van der Waals surface area contributed by atoms with Gasteiger partial charge in [-0.3, -0.25) is 0 Å². The Bertz CT molecular complexity index is 2290. The minimum Gasteiger partial charge on any atom is -0.479 e. The van der Waals surface area contributed by atoms with Crippen molar-refractivity contribution in [2.24, 2.45) is 50.2 Å². The van der Waals surface area contributed by atoms with Crippen LogP contribution in [0.25, 0.3) is 0 Å². The first-order chi connectivity index (χ1) is 36.5. The molecule has 7 fully saturated rings. The lowest BCUT2D eigenvalue weighted by atomic mass is 9.32. The molecule has 0 radical (unpaired) electrons. The van der Waals surface area contributed by atoms with Crippen LogP contribution in [-0.4, -0.2) is 216 Å². The van der Waals surface area contributed by atoms with Gasteiger partial charge in [0.15, 0.2) is 31.1 Å². The molecule has 26 atom stereocenters. The van der Waals surface area contributed by atoms with Crippen molar-refractivity contribution in [2.75, 3.05) is 19.8 Å². The van der Waals surface area contributed by atoms with Crippen LogP contribution in [0.4, 0.5) is 0 Å². The van der Waals surface area contributed by atoms with Gasteiger partial charge in [0.2, 0.25) is 0 Å². The molecule has 8 aliphatic rings. The highest BCUT2D eigenvalue weighted by atomic mass is 16.8. The number of hydrogen-bond donors (Lipinski definition) is 12. The average molecular weight is 1110 g/mol. The monoisotopic (exact) mass is 1110 g/mol. The van der Waals surface area contributed by atoms with E-state index in [-0.39, 0.29) is 18.3 Å². The summed E-state index contributed by atoms with van der Waals surface area (Å²) in [6.07, 6.45) is -21.6. The topological polar surface area (TPSA) is 368 Å². The molecule has 0 aromatic carbocycles. The number of carboxylic acids is 1. The second-order valence-corrected chi connectivity index (χ2v) is 25.1. The molecule has 442 valence electrons. The molecule has 23 heteroatoms. The molecule has 4 saturated carbocycles. The third-order valence-corrected chi connectivity index (χ3v) is 20.5. The Hall–Kier alpha value is -3.05. The van der Waals surface area contributed by atoms with Gasteiger partial charge in [0, 0.05) is 23.0 Å². The molecule has 1 unspecified atom stereocenters. The normalized spacial score (nSPS) is 49.7. The maximum atomic E-state index is 13.4. The van der Waals surface area contributed by atoms with Gasteiger partial charge in [-0.2, -0.15) is 0 Å². The first kappa shape index (κ1) is 61.0. The smallest absolute Gasteiger partial charge is 0.335 e. The Kier molecular flexibility index (Phi) is 17.4. The SMILES string of the molecule is C/C=C/C(=O)O[C@H]1[C@H](OC(=O)/C=C/C)[C@]2(CO)[C@H](O)[C@H](O)[C@]3(C)C(=CC[C@@H]4[C@@]5(C)CCC(O[C@@H]6O[C@H](C(=O)O)[C@@H](O)[C@H](O[C@@H]7O[C@@H](CO)[C@H](O)[C@H]7O)[C@H]6O[C@@H]6O[C@H](CO)[C@H](O)[C@H](O)[C@H]6O)C(C)(C)[C@@H]5CC[C@]43C)[C@@H]2CC1(C)C. The Balaban J connectivity index is 1.13. The van der Waals surface area contributed by atoms with E-state index in [2.05, 4.69) is 19.9 Å². The number of fused-ring (bicyclic) bond motifs is 7. The maximum absolute atomic E-state index is 13.4. The fourth-order valence-electron chi connectivity index (χ4n) is 16.2. The summed E-state index contributed by atoms with van der Waals surface area (Å²) < 4.78 is 48.6. The standard InChI is InChI=1S/C55H84O23/c1-10-12-31(59)74-44-45(75-32(60)13-11-2)55(23-58)25(20-50(44,3)4)24-14-15-29-52(7)18-17-30(51(5,6)28(52)16-19-53(29,8)54(24,9)42(67)43(55)68)73-49-41(78-48-37(65)35(63)33(61)26(21-56)71-48)39(38(66)40(77-49)46(69)70)76-47-36(64)34(62)27(22-57)72-47/h10-14,25-30,33-45,47-49,56-58,61-68H,15-23H2,1-9H3,(H,69,70)/b12-10+,13-11+/t25-,26+,27-,28-,29+,30?,33-,34-,35-,36+,37+,38-,39-,40-,41+,42-,43+,44-,45-,47-,48-,49+,52-,53+,54-,55-/m0/s1. The Morgan fingerprint density at radius 3 is 1.74 bits per heavy atom. The van der Waals surface area contributed by atoms with Crippen molar-refractivity contribution in [3.8, 4) is 0 Å². The van der Waals surface area contributed by atoms with Gasteiger partial charge in [-0.25, -0.2) is 14.4 Å². The fraction of sp³-hybridized carbons (Fsp3) is 0.836. The summed E-state index contributed by atoms with van der Waals surface area (Å²) in [4.78, 5) is 39.5. The molecule has 0 aromatic heterocycles. The summed E-state index contributed by atoms with van der Waals surface area (Å²) in [5.74, 6) is -4.10. The van der Waals surface area contributed by atoms with Crippen LogP contribution in [0, 0.1) is 50.2 Å². The molecule has 3 aliphatic heterocycles. The van der Waals surface area contributed by atoms with Gasteiger partial charge in [0.1, 0.15) is 67.1 Å². The Labute approximate surface area is 453 Å². The van der Waals surface area contributed by atoms with Crippen LogP contribution in [0.2, 0.25) is 0 Å². The first-order valence-corrected chi connectivity index (χ1v) is 27.3. The van der Waals surface area contributed by atoms with E-state index in [9.17, 15) is 75.7 Å². The van der Waals surface area contributed by atoms with Crippen LogP contribution in [-0.2, 0) is 52.3 Å². The third kappa shape index (κ3) is 9.54. The van der Waals surface area contributed by atoms with E-state index in [1.165, 1.54) is 24.3 Å². The van der Waals surface area contributed by atoms with E-state index in [4.69, 9.17) is 37.9 Å². The van der Waals surface area contributed by atoms with Gasteiger partial charge in [0.25, 0.3) is 0 Å². The van der Waals surface area contributed by atoms with Gasteiger partial charge in [0.05, 0.1) is 43.5 Å². The first-order valence-electron chi connectivity index (χ1n) is 27.3. The van der Waals surface area contributed by atoms with Crippen molar-refractivity contribution >= 4 is 17.9 Å². The molecule has 78 heavy (non-hydrogen) atoms. The molecule has 3 heterocycles. The molecule has 0 spiro atoms. The largest absolute Gasteiger partial charge is 0.479 e. The summed E-state index contributed by atoms with van der Waals surface area (Å²) in [6, 6.07) is 0. The lowest BCUT2D eigenvalue weighted by Gasteiger charge is -2.73. The lowest BCUT2D eigenvalue weighted by Crippen LogP contribution is -2.76. The van der Waals surface area contributed by atoms with Gasteiger partial charge in [-0.1, -0.05) is 72.3 Å². The van der Waals surface area contributed by atoms with Crippen molar-refractivity contribution in [1.29, 1.82) is 0 Å². The van der Waals surface area contributed by atoms with Gasteiger partial charge in [-0.15, -0.1) is 0 Å². The highest BCUT2D eigenvalue weighted by Gasteiger charge is 2.76. The van der Waals surface area contributed by atoms with Gasteiger partial charge >= 0.3 is 17.9 Å². The Morgan fingerprint density at radius 2 is 1.19 bits per heavy atom. The van der Waals surface area contributed by atoms with Crippen LogP contribution < -0.4 is 0 Å². The van der Waals surface area contributed by atoms with Crippen LogP contribution >= 0.6 is 0 Å². The quantitative estimate of drug-likeness (QED) is 0.0451. The number of aliphatic hydroxyl groups excluding tert-OH is 11. The summed E-state index contributed by atoms with van der Waals surface area (Å²) in [5, 5.41) is 133. The van der Waals surface area contributed by atoms with E-state index < -0.39 is 193 Å². The lowest BCUT2D eigenvalue weighted by molar-refractivity contribution is -0.386. The number of allylic oxidation sites excluding steroid dienone is 3. The highest BCUT2D eigenvalue weighted by molar-refractivity contribution is 5.83. The van der Waals surface area contributed by atoms with Crippen LogP contribution in [0.1, 0.15) is 101 Å². The van der Waals surface area contributed by atoms with Crippen LogP contribution in [0.5, 0.6) is 0 Å². The molecule has 8 rings (SSSR count). The zero-order chi connectivity index (χ0) is 57.6. The van der Waals surface area contributed by atoms with Crippen molar-refractivity contribution in [3.63, 3.8) is 0 Å². The number of carboxylic acid groups (broad SMARTS) is 1. The van der Waals surface area contributed by atoms with Crippen molar-refractivity contribution < 1.29 is 114 Å². The zero-order valence-corrected chi connectivity index (χ0v) is 45.8. The van der Waals surface area contributed by atoms with Crippen molar-refractivity contribution in [2.45, 2.75) is 217 Å². The van der Waals surface area contributed by atoms with Crippen LogP contribution in [0.15, 0.2) is 36.0 Å². The van der Waals surface area contributed by atoms with Crippen LogP contribution in [0.3, 0.4) is 0 Å². The van der Waals surface area contributed by atoms with E-state index in [0.29, 0.717) is 32.1 Å². The molecular weight excluding hydrogens is 1030 g/mol. The predicted octanol–water partition coefficient (Wildman–Crippen LogP) is -0.517. The van der Waals surface area contributed by atoms with Gasteiger partial charge in [-0.05, 0) is 86.4 Å². The minimum atomic E-state index is -2.13. The fourth-order valence-corrected chi connectivity index (χ4v) is 16.2. The Morgan fingerprint density at radius 1 is 0.641 bits per heavy atom. The third-order valence-electron chi connectivity index (χ3n) is 20.5. The van der Waals surface area contributed by atoms with Crippen molar-refractivity contribution in [3.05, 3.63) is 36.0 Å². The van der Waals surface area contributed by atoms with E-state index >= 15 is 0 Å². The highest BCUT2D eigenvalue weighted by Crippen LogP contribution is 2.76. The molecule has 12 N–H and O–H groups in total.